The van der Waals surface area contributed by atoms with Crippen molar-refractivity contribution in [2.24, 2.45) is 0 Å². The molecule has 7 heteroatoms. The van der Waals surface area contributed by atoms with Crippen molar-refractivity contribution in [2.45, 2.75) is 26.9 Å². The lowest BCUT2D eigenvalue weighted by Crippen LogP contribution is -2.32. The summed E-state index contributed by atoms with van der Waals surface area (Å²) < 4.78 is 1.67. The highest BCUT2D eigenvalue weighted by Gasteiger charge is 2.22. The van der Waals surface area contributed by atoms with Gasteiger partial charge in [-0.3, -0.25) is 9.78 Å². The van der Waals surface area contributed by atoms with Gasteiger partial charge in [0.15, 0.2) is 11.3 Å². The number of rotatable bonds is 5. The summed E-state index contributed by atoms with van der Waals surface area (Å²) >= 11 is 0. The Balaban J connectivity index is 1.70. The van der Waals surface area contributed by atoms with Crippen LogP contribution in [0, 0.1) is 13.8 Å². The first-order chi connectivity index (χ1) is 13.6. The Morgan fingerprint density at radius 3 is 2.36 bits per heavy atom. The maximum atomic E-state index is 13.4. The van der Waals surface area contributed by atoms with E-state index in [2.05, 4.69) is 20.3 Å². The van der Waals surface area contributed by atoms with E-state index in [-0.39, 0.29) is 5.91 Å². The van der Waals surface area contributed by atoms with Gasteiger partial charge in [-0.05, 0) is 37.1 Å². The van der Waals surface area contributed by atoms with E-state index in [0.29, 0.717) is 30.1 Å². The van der Waals surface area contributed by atoms with E-state index in [1.54, 1.807) is 21.8 Å². The number of carbonyl (C=O) groups excluding carboxylic acids is 1. The zero-order valence-electron chi connectivity index (χ0n) is 15.8. The molecular formula is C21H20N6O. The monoisotopic (exact) mass is 372 g/mol. The largest absolute Gasteiger partial charge is 0.329 e. The number of amides is 1. The molecule has 0 saturated carbocycles. The molecule has 0 radical (unpaired) electrons. The lowest BCUT2D eigenvalue weighted by molar-refractivity contribution is 0.0721. The predicted molar refractivity (Wildman–Crippen MR) is 105 cm³/mol. The molecule has 0 atom stereocenters. The fourth-order valence-corrected chi connectivity index (χ4v) is 3.14. The minimum atomic E-state index is -0.180. The standard InChI is InChI=1S/C21H20N6O/c1-15-12-19-23-24-20(16(2)27(19)25-15)21(28)26(13-17-6-4-3-5-7-17)14-18-8-10-22-11-9-18/h3-12H,13-14H2,1-2H3. The normalized spacial score (nSPS) is 10.9. The fraction of sp³-hybridized carbons (Fsp3) is 0.190. The number of aromatic nitrogens is 5. The van der Waals surface area contributed by atoms with Crippen LogP contribution in [0.25, 0.3) is 5.65 Å². The zero-order valence-corrected chi connectivity index (χ0v) is 15.8. The molecule has 140 valence electrons. The van der Waals surface area contributed by atoms with Crippen molar-refractivity contribution >= 4 is 11.6 Å². The minimum Gasteiger partial charge on any atom is -0.329 e. The van der Waals surface area contributed by atoms with Gasteiger partial charge in [0.1, 0.15) is 0 Å². The van der Waals surface area contributed by atoms with Crippen LogP contribution < -0.4 is 0 Å². The van der Waals surface area contributed by atoms with Crippen LogP contribution in [-0.2, 0) is 13.1 Å². The number of hydrogen-bond donors (Lipinski definition) is 0. The van der Waals surface area contributed by atoms with Crippen molar-refractivity contribution in [3.63, 3.8) is 0 Å². The predicted octanol–water partition coefficient (Wildman–Crippen LogP) is 2.98. The van der Waals surface area contributed by atoms with Gasteiger partial charge < -0.3 is 4.90 Å². The Bertz CT molecular complexity index is 1070. The fourth-order valence-electron chi connectivity index (χ4n) is 3.14. The average molecular weight is 372 g/mol. The van der Waals surface area contributed by atoms with E-state index >= 15 is 0 Å². The van der Waals surface area contributed by atoms with E-state index in [9.17, 15) is 4.79 Å². The molecule has 3 aromatic heterocycles. The molecule has 0 bridgehead atoms. The summed E-state index contributed by atoms with van der Waals surface area (Å²) in [5.74, 6) is -0.180. The van der Waals surface area contributed by atoms with Crippen LogP contribution in [0.15, 0.2) is 60.9 Å². The Kier molecular flexibility index (Phi) is 4.80. The van der Waals surface area contributed by atoms with Crippen LogP contribution in [0.5, 0.6) is 0 Å². The highest BCUT2D eigenvalue weighted by Crippen LogP contribution is 2.16. The SMILES string of the molecule is Cc1cc2nnc(C(=O)N(Cc3ccccc3)Cc3ccncc3)c(C)n2n1. The molecular weight excluding hydrogens is 352 g/mol. The maximum Gasteiger partial charge on any atom is 0.276 e. The Morgan fingerprint density at radius 2 is 1.64 bits per heavy atom. The van der Waals surface area contributed by atoms with E-state index in [4.69, 9.17) is 0 Å². The highest BCUT2D eigenvalue weighted by molar-refractivity contribution is 5.93. The third-order valence-corrected chi connectivity index (χ3v) is 4.55. The Labute approximate surface area is 162 Å². The molecule has 1 amide bonds. The smallest absolute Gasteiger partial charge is 0.276 e. The van der Waals surface area contributed by atoms with Gasteiger partial charge in [0, 0.05) is 31.5 Å². The number of hydrogen-bond acceptors (Lipinski definition) is 5. The highest BCUT2D eigenvalue weighted by atomic mass is 16.2. The lowest BCUT2D eigenvalue weighted by Gasteiger charge is -2.23. The van der Waals surface area contributed by atoms with E-state index < -0.39 is 0 Å². The second kappa shape index (κ2) is 7.56. The lowest BCUT2D eigenvalue weighted by atomic mass is 10.1. The first-order valence-corrected chi connectivity index (χ1v) is 9.03. The van der Waals surface area contributed by atoms with Crippen molar-refractivity contribution in [1.29, 1.82) is 0 Å². The summed E-state index contributed by atoms with van der Waals surface area (Å²) in [7, 11) is 0. The second-order valence-electron chi connectivity index (χ2n) is 6.69. The van der Waals surface area contributed by atoms with Gasteiger partial charge in [0.05, 0.1) is 11.4 Å². The number of nitrogens with zero attached hydrogens (tertiary/aromatic N) is 6. The summed E-state index contributed by atoms with van der Waals surface area (Å²) in [6, 6.07) is 15.6. The first-order valence-electron chi connectivity index (χ1n) is 9.03. The number of pyridine rings is 1. The Morgan fingerprint density at radius 1 is 0.964 bits per heavy atom. The molecule has 0 aliphatic rings. The molecule has 1 aromatic carbocycles. The van der Waals surface area contributed by atoms with Crippen molar-refractivity contribution in [1.82, 2.24) is 29.7 Å². The number of aryl methyl sites for hydroxylation is 2. The van der Waals surface area contributed by atoms with Crippen molar-refractivity contribution in [3.8, 4) is 0 Å². The number of benzene rings is 1. The molecule has 7 nitrogen and oxygen atoms in total. The van der Waals surface area contributed by atoms with Crippen LogP contribution in [0.4, 0.5) is 0 Å². The molecule has 28 heavy (non-hydrogen) atoms. The van der Waals surface area contributed by atoms with E-state index in [1.807, 2.05) is 62.4 Å². The molecule has 0 spiro atoms. The van der Waals surface area contributed by atoms with Gasteiger partial charge in [0.25, 0.3) is 5.91 Å². The molecule has 0 fully saturated rings. The molecule has 0 unspecified atom stereocenters. The third kappa shape index (κ3) is 3.59. The van der Waals surface area contributed by atoms with Crippen LogP contribution in [0.3, 0.4) is 0 Å². The minimum absolute atomic E-state index is 0.180. The molecule has 3 heterocycles. The van der Waals surface area contributed by atoms with E-state index in [0.717, 1.165) is 16.8 Å². The third-order valence-electron chi connectivity index (χ3n) is 4.55. The van der Waals surface area contributed by atoms with Gasteiger partial charge >= 0.3 is 0 Å². The van der Waals surface area contributed by atoms with Crippen molar-refractivity contribution in [2.75, 3.05) is 0 Å². The summed E-state index contributed by atoms with van der Waals surface area (Å²) in [4.78, 5) is 19.2. The van der Waals surface area contributed by atoms with Crippen molar-refractivity contribution < 1.29 is 4.79 Å². The molecule has 0 saturated heterocycles. The second-order valence-corrected chi connectivity index (χ2v) is 6.69. The maximum absolute atomic E-state index is 13.4. The number of fused-ring (bicyclic) bond motifs is 1. The summed E-state index contributed by atoms with van der Waals surface area (Å²) in [6.45, 7) is 4.65. The number of carbonyl (C=O) groups is 1. The van der Waals surface area contributed by atoms with Crippen LogP contribution >= 0.6 is 0 Å². The van der Waals surface area contributed by atoms with Gasteiger partial charge in [-0.15, -0.1) is 10.2 Å². The van der Waals surface area contributed by atoms with Gasteiger partial charge in [0.2, 0.25) is 0 Å². The molecule has 4 aromatic rings. The van der Waals surface area contributed by atoms with Crippen LogP contribution in [0.1, 0.15) is 33.0 Å². The van der Waals surface area contributed by atoms with Crippen LogP contribution in [0.2, 0.25) is 0 Å². The quantitative estimate of drug-likeness (QED) is 0.538. The van der Waals surface area contributed by atoms with Crippen molar-refractivity contribution in [3.05, 3.63) is 89.1 Å². The van der Waals surface area contributed by atoms with Gasteiger partial charge in [-0.1, -0.05) is 30.3 Å². The van der Waals surface area contributed by atoms with E-state index in [1.165, 1.54) is 0 Å². The molecule has 0 N–H and O–H groups in total. The first kappa shape index (κ1) is 17.8. The summed E-state index contributed by atoms with van der Waals surface area (Å²) in [5, 5.41) is 12.8. The van der Waals surface area contributed by atoms with Gasteiger partial charge in [-0.2, -0.15) is 5.10 Å². The Hall–Kier alpha value is -3.61. The zero-order chi connectivity index (χ0) is 19.5. The molecule has 0 aliphatic heterocycles. The van der Waals surface area contributed by atoms with Gasteiger partial charge in [-0.25, -0.2) is 4.52 Å². The summed E-state index contributed by atoms with van der Waals surface area (Å²) in [6.07, 6.45) is 3.45. The topological polar surface area (TPSA) is 76.3 Å². The van der Waals surface area contributed by atoms with Crippen LogP contribution in [-0.4, -0.2) is 35.6 Å². The average Bonchev–Trinajstić information content (AvgIpc) is 3.10. The molecule has 0 aliphatic carbocycles. The molecule has 4 rings (SSSR count). The summed E-state index contributed by atoms with van der Waals surface area (Å²) in [5.41, 5.74) is 4.50.